The van der Waals surface area contributed by atoms with Gasteiger partial charge in [-0.15, -0.1) is 0 Å². The van der Waals surface area contributed by atoms with E-state index in [-0.39, 0.29) is 32.1 Å². The van der Waals surface area contributed by atoms with Crippen LogP contribution in [-0.4, -0.2) is 83.1 Å². The Kier molecular flexibility index (Phi) is 5.64. The summed E-state index contributed by atoms with van der Waals surface area (Å²) in [5.74, 6) is -2.26. The molecule has 6 N–H and O–H groups in total. The fourth-order valence-corrected chi connectivity index (χ4v) is 9.03. The van der Waals surface area contributed by atoms with Gasteiger partial charge in [0.25, 0.3) is 0 Å². The van der Waals surface area contributed by atoms with Crippen LogP contribution >= 0.6 is 0 Å². The van der Waals surface area contributed by atoms with Gasteiger partial charge in [-0.05, 0) is 83.8 Å². The molecule has 37 heavy (non-hydrogen) atoms. The van der Waals surface area contributed by atoms with Gasteiger partial charge in [0.05, 0.1) is 17.1 Å². The van der Waals surface area contributed by atoms with Gasteiger partial charge in [0.15, 0.2) is 5.78 Å². The minimum absolute atomic E-state index is 0.0135. The van der Waals surface area contributed by atoms with E-state index in [1.165, 1.54) is 19.1 Å². The molecule has 0 unspecified atom stereocenters. The first kappa shape index (κ1) is 27.0. The third-order valence-electron chi connectivity index (χ3n) is 11.9. The average molecular weight is 521 g/mol. The van der Waals surface area contributed by atoms with E-state index >= 15 is 0 Å². The fraction of sp³-hybridized carbons (Fsp3) is 0.786. The smallest absolute Gasteiger partial charge is 0.334 e. The quantitative estimate of drug-likeness (QED) is 0.287. The lowest BCUT2D eigenvalue weighted by Gasteiger charge is -2.67. The minimum Gasteiger partial charge on any atom is -0.455 e. The van der Waals surface area contributed by atoms with Crippen molar-refractivity contribution < 1.29 is 45.0 Å². The Morgan fingerprint density at radius 1 is 1.03 bits per heavy atom. The average Bonchev–Trinajstić information content (AvgIpc) is 3.06. The second kappa shape index (κ2) is 7.73. The van der Waals surface area contributed by atoms with Crippen molar-refractivity contribution in [3.63, 3.8) is 0 Å². The molecule has 9 heteroatoms. The van der Waals surface area contributed by atoms with Crippen LogP contribution in [0.15, 0.2) is 23.3 Å². The number of esters is 1. The molecule has 0 radical (unpaired) electrons. The van der Waals surface area contributed by atoms with Crippen LogP contribution in [0.25, 0.3) is 0 Å². The molecule has 5 aliphatic rings. The number of rotatable bonds is 2. The van der Waals surface area contributed by atoms with Crippen molar-refractivity contribution in [2.45, 2.75) is 114 Å². The highest BCUT2D eigenvalue weighted by Crippen LogP contribution is 2.71. The Morgan fingerprint density at radius 2 is 1.68 bits per heavy atom. The Labute approximate surface area is 216 Å². The molecular weight excluding hydrogens is 480 g/mol. The highest BCUT2D eigenvalue weighted by Gasteiger charge is 2.79. The molecule has 0 aromatic heterocycles. The molecule has 206 valence electrons. The molecule has 0 saturated heterocycles. The van der Waals surface area contributed by atoms with E-state index in [0.29, 0.717) is 12.0 Å². The van der Waals surface area contributed by atoms with Crippen molar-refractivity contribution in [1.29, 1.82) is 0 Å². The number of ketones is 1. The topological polar surface area (TPSA) is 165 Å². The molecule has 4 aliphatic carbocycles. The standard InChI is InChI=1S/C28H40O9/c1-14-12-21(37-22(32)15(14)2)25(5,33)27(35)11-10-26(34)17-13-20(31)28(36)19(30)7-6-18(29)24(28,4)16(17)8-9-23(26,27)3/h6-7,16-17,19-21,30-31,33-36H,8-13H2,1-5H3/t16-,17+,19-,20-,21-,23-,24-,25+,26+,27-,28-/m0/s1. The van der Waals surface area contributed by atoms with Gasteiger partial charge >= 0.3 is 5.97 Å². The molecule has 0 spiro atoms. The Bertz CT molecular complexity index is 1110. The predicted molar refractivity (Wildman–Crippen MR) is 131 cm³/mol. The Hall–Kier alpha value is -1.62. The highest BCUT2D eigenvalue weighted by atomic mass is 16.6. The summed E-state index contributed by atoms with van der Waals surface area (Å²) in [6.45, 7) is 8.16. The molecule has 11 atom stereocenters. The van der Waals surface area contributed by atoms with Crippen molar-refractivity contribution in [1.82, 2.24) is 0 Å². The molecule has 1 heterocycles. The van der Waals surface area contributed by atoms with Crippen LogP contribution in [0.4, 0.5) is 0 Å². The number of hydrogen-bond acceptors (Lipinski definition) is 9. The van der Waals surface area contributed by atoms with Crippen LogP contribution in [0.5, 0.6) is 0 Å². The van der Waals surface area contributed by atoms with Gasteiger partial charge < -0.3 is 35.4 Å². The van der Waals surface area contributed by atoms with Crippen LogP contribution < -0.4 is 0 Å². The zero-order chi connectivity index (χ0) is 27.6. The number of carbonyl (C=O) groups is 2. The van der Waals surface area contributed by atoms with Gasteiger partial charge in [-0.1, -0.05) is 12.5 Å². The second-order valence-corrected chi connectivity index (χ2v) is 13.0. The van der Waals surface area contributed by atoms with Crippen LogP contribution in [0.2, 0.25) is 0 Å². The zero-order valence-electron chi connectivity index (χ0n) is 22.2. The molecule has 0 aromatic rings. The Morgan fingerprint density at radius 3 is 2.30 bits per heavy atom. The summed E-state index contributed by atoms with van der Waals surface area (Å²) < 4.78 is 5.58. The molecule has 1 aliphatic heterocycles. The van der Waals surface area contributed by atoms with Gasteiger partial charge in [-0.3, -0.25) is 4.79 Å². The van der Waals surface area contributed by atoms with Crippen molar-refractivity contribution in [2.75, 3.05) is 0 Å². The molecule has 3 saturated carbocycles. The highest BCUT2D eigenvalue weighted by molar-refractivity contribution is 5.97. The molecule has 0 aromatic carbocycles. The number of aliphatic hydroxyl groups excluding tert-OH is 2. The van der Waals surface area contributed by atoms with E-state index in [0.717, 1.165) is 5.57 Å². The maximum atomic E-state index is 13.3. The number of ether oxygens (including phenoxy) is 1. The van der Waals surface area contributed by atoms with Crippen LogP contribution in [-0.2, 0) is 14.3 Å². The van der Waals surface area contributed by atoms with Gasteiger partial charge in [0.1, 0.15) is 29.0 Å². The van der Waals surface area contributed by atoms with Crippen molar-refractivity contribution >= 4 is 11.8 Å². The molecular formula is C28H40O9. The number of aliphatic hydroxyl groups is 6. The number of carbonyl (C=O) groups excluding carboxylic acids is 2. The first-order valence-electron chi connectivity index (χ1n) is 13.3. The van der Waals surface area contributed by atoms with Gasteiger partial charge in [-0.2, -0.15) is 0 Å². The van der Waals surface area contributed by atoms with Crippen molar-refractivity contribution in [3.05, 3.63) is 23.3 Å². The molecule has 5 rings (SSSR count). The van der Waals surface area contributed by atoms with E-state index in [1.54, 1.807) is 27.7 Å². The normalized spacial score (nSPS) is 53.2. The monoisotopic (exact) mass is 520 g/mol. The van der Waals surface area contributed by atoms with Crippen LogP contribution in [0.1, 0.15) is 73.1 Å². The third kappa shape index (κ3) is 2.85. The predicted octanol–water partition coefficient (Wildman–Crippen LogP) is 0.680. The van der Waals surface area contributed by atoms with E-state index < -0.39 is 75.1 Å². The fourth-order valence-electron chi connectivity index (χ4n) is 9.03. The number of hydrogen-bond donors (Lipinski definition) is 6. The summed E-state index contributed by atoms with van der Waals surface area (Å²) in [6, 6.07) is 0. The number of cyclic esters (lactones) is 1. The lowest BCUT2D eigenvalue weighted by Crippen LogP contribution is -2.77. The van der Waals surface area contributed by atoms with E-state index in [9.17, 15) is 40.2 Å². The first-order chi connectivity index (χ1) is 16.9. The van der Waals surface area contributed by atoms with Gasteiger partial charge in [0.2, 0.25) is 0 Å². The number of fused-ring (bicyclic) bond motifs is 5. The largest absolute Gasteiger partial charge is 0.455 e. The van der Waals surface area contributed by atoms with Crippen LogP contribution in [0, 0.1) is 22.7 Å². The second-order valence-electron chi connectivity index (χ2n) is 13.0. The van der Waals surface area contributed by atoms with Crippen LogP contribution in [0.3, 0.4) is 0 Å². The molecule has 9 nitrogen and oxygen atoms in total. The first-order valence-corrected chi connectivity index (χ1v) is 13.3. The maximum Gasteiger partial charge on any atom is 0.334 e. The van der Waals surface area contributed by atoms with Crippen molar-refractivity contribution in [2.24, 2.45) is 22.7 Å². The van der Waals surface area contributed by atoms with E-state index in [4.69, 9.17) is 4.74 Å². The van der Waals surface area contributed by atoms with E-state index in [1.807, 2.05) is 0 Å². The summed E-state index contributed by atoms with van der Waals surface area (Å²) in [4.78, 5) is 25.7. The van der Waals surface area contributed by atoms with Gasteiger partial charge in [0, 0.05) is 17.4 Å². The molecule has 0 bridgehead atoms. The molecule has 3 fully saturated rings. The summed E-state index contributed by atoms with van der Waals surface area (Å²) in [5.41, 5.74) is -9.08. The lowest BCUT2D eigenvalue weighted by molar-refractivity contribution is -0.308. The van der Waals surface area contributed by atoms with Crippen molar-refractivity contribution in [3.8, 4) is 0 Å². The number of allylic oxidation sites excluding steroid dienone is 1. The van der Waals surface area contributed by atoms with Gasteiger partial charge in [-0.25, -0.2) is 4.79 Å². The van der Waals surface area contributed by atoms with E-state index in [2.05, 4.69) is 0 Å². The zero-order valence-corrected chi connectivity index (χ0v) is 22.2. The maximum absolute atomic E-state index is 13.3. The SMILES string of the molecule is CC1=C(C)C(=O)O[C@H]([C@@](C)(O)[C@]2(O)CC[C@@]3(O)[C@@H]4C[C@H](O)[C@@]5(O)[C@@H](O)C=CC(=O)[C@]5(C)[C@H]4CC[C@]23C)C1. The lowest BCUT2D eigenvalue weighted by atomic mass is 9.40. The minimum atomic E-state index is -2.11. The molecule has 0 amide bonds. The summed E-state index contributed by atoms with van der Waals surface area (Å²) in [5, 5.41) is 70.0. The third-order valence-corrected chi connectivity index (χ3v) is 11.9. The summed E-state index contributed by atoms with van der Waals surface area (Å²) in [6.07, 6.45) is -0.766. The summed E-state index contributed by atoms with van der Waals surface area (Å²) >= 11 is 0. The Balaban J connectivity index is 1.56. The summed E-state index contributed by atoms with van der Waals surface area (Å²) in [7, 11) is 0.